The van der Waals surface area contributed by atoms with Crippen molar-refractivity contribution in [1.29, 1.82) is 0 Å². The quantitative estimate of drug-likeness (QED) is 0.807. The van der Waals surface area contributed by atoms with Crippen molar-refractivity contribution in [3.8, 4) is 5.69 Å². The molecule has 1 N–H and O–H groups in total. The van der Waals surface area contributed by atoms with Crippen molar-refractivity contribution in [3.05, 3.63) is 40.7 Å². The van der Waals surface area contributed by atoms with Crippen LogP contribution in [0.2, 0.25) is 5.02 Å². The van der Waals surface area contributed by atoms with Crippen LogP contribution in [0, 0.1) is 6.92 Å². The van der Waals surface area contributed by atoms with Crippen LogP contribution in [0.25, 0.3) is 5.69 Å². The second-order valence-electron chi connectivity index (χ2n) is 4.87. The number of ether oxygens (including phenoxy) is 1. The number of carbonyl (C=O) groups is 2. The van der Waals surface area contributed by atoms with Gasteiger partial charge in [-0.25, -0.2) is 4.79 Å². The molecule has 7 nitrogen and oxygen atoms in total. The van der Waals surface area contributed by atoms with Gasteiger partial charge in [-0.1, -0.05) is 17.7 Å². The summed E-state index contributed by atoms with van der Waals surface area (Å²) in [5.74, 6) is -2.06. The third-order valence-electron chi connectivity index (χ3n) is 2.83. The summed E-state index contributed by atoms with van der Waals surface area (Å²) in [6.45, 7) is -0.875. The molecule has 0 saturated carbocycles. The number of aromatic nitrogens is 3. The van der Waals surface area contributed by atoms with E-state index >= 15 is 0 Å². The molecule has 1 aromatic heterocycles. The highest BCUT2D eigenvalue weighted by atomic mass is 35.5. The summed E-state index contributed by atoms with van der Waals surface area (Å²) in [7, 11) is 0. The number of halogens is 4. The number of amides is 1. The van der Waals surface area contributed by atoms with Crippen molar-refractivity contribution in [2.45, 2.75) is 13.1 Å². The maximum Gasteiger partial charge on any atom is 0.405 e. The number of esters is 1. The van der Waals surface area contributed by atoms with E-state index in [0.29, 0.717) is 10.7 Å². The molecule has 0 saturated heterocycles. The lowest BCUT2D eigenvalue weighted by Crippen LogP contribution is -2.36. The smallest absolute Gasteiger partial charge is 0.405 e. The largest absolute Gasteiger partial charge is 0.451 e. The van der Waals surface area contributed by atoms with Crippen molar-refractivity contribution in [2.24, 2.45) is 0 Å². The third-order valence-corrected chi connectivity index (χ3v) is 3.07. The van der Waals surface area contributed by atoms with Gasteiger partial charge in [0.15, 0.2) is 12.3 Å². The minimum atomic E-state index is -4.55. The van der Waals surface area contributed by atoms with E-state index in [0.717, 1.165) is 4.80 Å². The molecule has 0 aliphatic carbocycles. The fraction of sp³-hybridized carbons (Fsp3) is 0.286. The number of hydrogen-bond donors (Lipinski definition) is 1. The fourth-order valence-corrected chi connectivity index (χ4v) is 1.92. The zero-order valence-corrected chi connectivity index (χ0v) is 13.6. The molecule has 0 fully saturated rings. The van der Waals surface area contributed by atoms with Gasteiger partial charge < -0.3 is 10.1 Å². The van der Waals surface area contributed by atoms with Crippen LogP contribution in [0.1, 0.15) is 16.2 Å². The van der Waals surface area contributed by atoms with E-state index in [1.54, 1.807) is 29.6 Å². The third kappa shape index (κ3) is 5.45. The Morgan fingerprint density at radius 2 is 2.04 bits per heavy atom. The van der Waals surface area contributed by atoms with Crippen LogP contribution in [-0.4, -0.2) is 46.2 Å². The molecule has 0 aliphatic rings. The molecule has 0 spiro atoms. The van der Waals surface area contributed by atoms with E-state index in [4.69, 9.17) is 11.6 Å². The first-order valence-electron chi connectivity index (χ1n) is 6.86. The summed E-state index contributed by atoms with van der Waals surface area (Å²) in [5.41, 5.74) is 0.557. The van der Waals surface area contributed by atoms with E-state index < -0.39 is 31.2 Å². The standard InChI is InChI=1S/C14H12ClF3N4O3/c1-8-12(13(24)25-6-11(23)19-7-14(16,17)18)21-22(20-8)10-4-2-3-9(15)5-10/h2-5H,6-7H2,1H3,(H,19,23). The molecule has 11 heteroatoms. The van der Waals surface area contributed by atoms with Crippen LogP contribution < -0.4 is 5.32 Å². The summed E-state index contributed by atoms with van der Waals surface area (Å²) in [6, 6.07) is 6.54. The molecule has 2 aromatic rings. The van der Waals surface area contributed by atoms with Gasteiger partial charge in [-0.05, 0) is 25.1 Å². The molecule has 1 amide bonds. The Labute approximate surface area is 144 Å². The Morgan fingerprint density at radius 3 is 2.68 bits per heavy atom. The maximum atomic E-state index is 12.0. The SMILES string of the molecule is Cc1nn(-c2cccc(Cl)c2)nc1C(=O)OCC(=O)NCC(F)(F)F. The van der Waals surface area contributed by atoms with Gasteiger partial charge in [0.1, 0.15) is 6.54 Å². The lowest BCUT2D eigenvalue weighted by atomic mass is 10.3. The Hall–Kier alpha value is -2.62. The van der Waals surface area contributed by atoms with Gasteiger partial charge in [-0.3, -0.25) is 4.79 Å². The minimum absolute atomic E-state index is 0.163. The molecule has 0 radical (unpaired) electrons. The fourth-order valence-electron chi connectivity index (χ4n) is 1.73. The molecule has 0 unspecified atom stereocenters. The number of rotatable bonds is 5. The lowest BCUT2D eigenvalue weighted by Gasteiger charge is -2.08. The number of alkyl halides is 3. The summed E-state index contributed by atoms with van der Waals surface area (Å²) < 4.78 is 40.6. The van der Waals surface area contributed by atoms with Crippen molar-refractivity contribution >= 4 is 23.5 Å². The van der Waals surface area contributed by atoms with Crippen LogP contribution in [0.3, 0.4) is 0 Å². The second-order valence-corrected chi connectivity index (χ2v) is 5.31. The number of nitrogens with zero attached hydrogens (tertiary/aromatic N) is 3. The van der Waals surface area contributed by atoms with Crippen LogP contribution in [0.4, 0.5) is 13.2 Å². The Morgan fingerprint density at radius 1 is 1.32 bits per heavy atom. The van der Waals surface area contributed by atoms with Gasteiger partial charge in [0.2, 0.25) is 0 Å². The normalized spacial score (nSPS) is 11.2. The van der Waals surface area contributed by atoms with Gasteiger partial charge in [-0.2, -0.15) is 23.1 Å². The molecule has 2 rings (SSSR count). The number of hydrogen-bond acceptors (Lipinski definition) is 5. The van der Waals surface area contributed by atoms with E-state index in [1.807, 2.05) is 0 Å². The van der Waals surface area contributed by atoms with Gasteiger partial charge in [0.05, 0.1) is 11.4 Å². The van der Waals surface area contributed by atoms with Crippen molar-refractivity contribution in [1.82, 2.24) is 20.3 Å². The molecule has 134 valence electrons. The second kappa shape index (κ2) is 7.51. The van der Waals surface area contributed by atoms with E-state index in [2.05, 4.69) is 14.9 Å². The number of aryl methyl sites for hydroxylation is 1. The topological polar surface area (TPSA) is 86.1 Å². The van der Waals surface area contributed by atoms with Crippen LogP contribution in [0.15, 0.2) is 24.3 Å². The average molecular weight is 377 g/mol. The van der Waals surface area contributed by atoms with E-state index in [-0.39, 0.29) is 11.4 Å². The van der Waals surface area contributed by atoms with Crippen LogP contribution >= 0.6 is 11.6 Å². The van der Waals surface area contributed by atoms with Crippen molar-refractivity contribution < 1.29 is 27.5 Å². The molecular formula is C14H12ClF3N4O3. The molecule has 1 heterocycles. The summed E-state index contributed by atoms with van der Waals surface area (Å²) in [6.07, 6.45) is -4.55. The monoisotopic (exact) mass is 376 g/mol. The molecule has 0 atom stereocenters. The van der Waals surface area contributed by atoms with Crippen molar-refractivity contribution in [3.63, 3.8) is 0 Å². The molecule has 0 bridgehead atoms. The highest BCUT2D eigenvalue weighted by Crippen LogP contribution is 2.15. The van der Waals surface area contributed by atoms with Gasteiger partial charge in [0, 0.05) is 5.02 Å². The molecule has 0 aliphatic heterocycles. The van der Waals surface area contributed by atoms with Crippen LogP contribution in [0.5, 0.6) is 0 Å². The first-order valence-corrected chi connectivity index (χ1v) is 7.24. The zero-order valence-electron chi connectivity index (χ0n) is 12.8. The maximum absolute atomic E-state index is 12.0. The Bertz CT molecular complexity index is 792. The predicted molar refractivity (Wildman–Crippen MR) is 80.5 cm³/mol. The van der Waals surface area contributed by atoms with Crippen LogP contribution in [-0.2, 0) is 9.53 Å². The Kier molecular flexibility index (Phi) is 5.62. The number of carbonyl (C=O) groups excluding carboxylic acids is 2. The molecule has 25 heavy (non-hydrogen) atoms. The lowest BCUT2D eigenvalue weighted by molar-refractivity contribution is -0.140. The minimum Gasteiger partial charge on any atom is -0.451 e. The summed E-state index contributed by atoms with van der Waals surface area (Å²) in [4.78, 5) is 24.3. The molecule has 1 aromatic carbocycles. The summed E-state index contributed by atoms with van der Waals surface area (Å²) >= 11 is 5.87. The number of nitrogens with one attached hydrogen (secondary N) is 1. The molecular weight excluding hydrogens is 365 g/mol. The van der Waals surface area contributed by atoms with Crippen molar-refractivity contribution in [2.75, 3.05) is 13.2 Å². The predicted octanol–water partition coefficient (Wildman–Crippen LogP) is 2.06. The average Bonchev–Trinajstić information content (AvgIpc) is 2.92. The summed E-state index contributed by atoms with van der Waals surface area (Å²) in [5, 5.41) is 10.0. The highest BCUT2D eigenvalue weighted by molar-refractivity contribution is 6.30. The van der Waals surface area contributed by atoms with Gasteiger partial charge in [-0.15, -0.1) is 5.10 Å². The number of benzene rings is 1. The van der Waals surface area contributed by atoms with Gasteiger partial charge >= 0.3 is 12.1 Å². The first kappa shape index (κ1) is 18.7. The zero-order chi connectivity index (χ0) is 18.6. The van der Waals surface area contributed by atoms with E-state index in [1.165, 1.54) is 6.92 Å². The highest BCUT2D eigenvalue weighted by Gasteiger charge is 2.28. The Balaban J connectivity index is 1.99. The van der Waals surface area contributed by atoms with E-state index in [9.17, 15) is 22.8 Å². The van der Waals surface area contributed by atoms with Gasteiger partial charge in [0.25, 0.3) is 5.91 Å². The first-order chi connectivity index (χ1) is 11.7.